The summed E-state index contributed by atoms with van der Waals surface area (Å²) in [5, 5.41) is 4.60. The molecule has 0 saturated carbocycles. The minimum atomic E-state index is -1.34. The summed E-state index contributed by atoms with van der Waals surface area (Å²) in [6, 6.07) is 97.1. The summed E-state index contributed by atoms with van der Waals surface area (Å²) in [5.74, 6) is 1.28. The van der Waals surface area contributed by atoms with E-state index in [9.17, 15) is 11.0 Å². The lowest BCUT2D eigenvalue weighted by molar-refractivity contribution is 0.435. The fraction of sp³-hybridized carbons (Fsp3) is 0.159. The molecule has 5 nitrogen and oxygen atoms in total. The molecule has 21 rings (SSSR count). The van der Waals surface area contributed by atoms with Gasteiger partial charge in [-0.2, -0.15) is 0 Å². The normalized spacial score (nSPS) is 14.8. The number of aromatic nitrogens is 3. The quantitative estimate of drug-likeness (QED) is 0.149. The first kappa shape index (κ1) is 60.1. The molecule has 0 radical (unpaired) electrons. The van der Waals surface area contributed by atoms with E-state index in [1.807, 2.05) is 18.2 Å². The van der Waals surface area contributed by atoms with Crippen LogP contribution in [-0.2, 0) is 27.1 Å². The second-order valence-electron chi connectivity index (χ2n) is 35.5. The summed E-state index contributed by atoms with van der Waals surface area (Å²) in [6.07, 6.45) is 0. The fourth-order valence-corrected chi connectivity index (χ4v) is 19.0. The van der Waals surface area contributed by atoms with Crippen molar-refractivity contribution in [3.63, 3.8) is 0 Å². The molecule has 3 aliphatic heterocycles. The summed E-state index contributed by atoms with van der Waals surface area (Å²) >= 11 is 0. The van der Waals surface area contributed by atoms with E-state index in [1.54, 1.807) is 4.57 Å². The first-order valence-corrected chi connectivity index (χ1v) is 39.6. The third-order valence-corrected chi connectivity index (χ3v) is 24.6. The molecule has 3 aliphatic rings. The molecule has 0 aliphatic carbocycles. The summed E-state index contributed by atoms with van der Waals surface area (Å²) in [5.41, 5.74) is 25.0. The molecule has 3 aromatic heterocycles. The van der Waals surface area contributed by atoms with Gasteiger partial charge in [-0.05, 0) is 209 Å². The smallest absolute Gasteiger partial charge is 0.247 e. The molecule has 113 heavy (non-hydrogen) atoms. The van der Waals surface area contributed by atoms with Crippen LogP contribution in [0.15, 0.2) is 321 Å². The van der Waals surface area contributed by atoms with E-state index in [1.165, 1.54) is 33.0 Å². The number of fused-ring (bicyclic) bond motifs is 19. The first-order valence-electron chi connectivity index (χ1n) is 43.6. The van der Waals surface area contributed by atoms with Crippen LogP contribution in [0.1, 0.15) is 139 Å². The van der Waals surface area contributed by atoms with E-state index < -0.39 is 48.4 Å². The molecule has 15 aromatic carbocycles. The highest BCUT2D eigenvalue weighted by molar-refractivity contribution is 6.99. The van der Waals surface area contributed by atoms with Gasteiger partial charge in [0.1, 0.15) is 11.5 Å². The minimum Gasteiger partial charge on any atom is -0.457 e. The molecular formula is C107H89BN4O. The Bertz CT molecular complexity index is 7190. The maximum Gasteiger partial charge on any atom is 0.247 e. The largest absolute Gasteiger partial charge is 0.457 e. The van der Waals surface area contributed by atoms with E-state index in [0.29, 0.717) is 17.2 Å². The van der Waals surface area contributed by atoms with Crippen molar-refractivity contribution in [3.05, 3.63) is 366 Å². The third kappa shape index (κ3) is 10.4. The highest BCUT2D eigenvalue weighted by Gasteiger charge is 2.56. The van der Waals surface area contributed by atoms with Crippen LogP contribution in [0.4, 0.5) is 17.1 Å². The minimum absolute atomic E-state index is 0.00317. The third-order valence-electron chi connectivity index (χ3n) is 24.6. The fourth-order valence-electron chi connectivity index (χ4n) is 19.0. The molecule has 0 amide bonds. The van der Waals surface area contributed by atoms with Crippen LogP contribution in [0, 0.1) is 0 Å². The van der Waals surface area contributed by atoms with Crippen LogP contribution in [0.5, 0.6) is 11.5 Å². The predicted octanol–water partition coefficient (Wildman–Crippen LogP) is 26.3. The lowest BCUT2D eigenvalue weighted by Crippen LogP contribution is -2.65. The number of hydrogen-bond donors (Lipinski definition) is 0. The van der Waals surface area contributed by atoms with Crippen LogP contribution in [0.2, 0.25) is 0 Å². The van der Waals surface area contributed by atoms with Crippen molar-refractivity contribution < 1.29 is 15.7 Å². The molecule has 1 spiro atoms. The molecule has 6 heterocycles. The van der Waals surface area contributed by atoms with Crippen molar-refractivity contribution in [1.29, 1.82) is 0 Å². The predicted molar refractivity (Wildman–Crippen MR) is 478 cm³/mol. The van der Waals surface area contributed by atoms with Gasteiger partial charge >= 0.3 is 0 Å². The summed E-state index contributed by atoms with van der Waals surface area (Å²) in [6.45, 7) is 26.9. The lowest BCUT2D eigenvalue weighted by Gasteiger charge is -2.50. The summed E-state index contributed by atoms with van der Waals surface area (Å²) in [4.78, 5) is 2.63. The van der Waals surface area contributed by atoms with E-state index in [0.717, 1.165) is 133 Å². The standard InChI is InChI=1S/C107H89BN4O/c1-103(2,3)70-44-52-93-81(58-70)82-59-71(104(4,5)6)45-53-94(82)110(93)75-49-51-90-97(64-75)112(102-79(67-32-18-14-19-33-67)56-69(66-30-16-13-17-31-66)57-80(102)68-34-20-15-21-35-68)98-65-76(111-95-54-46-72(105(7,8)9)60-83(95)84-61-73(106(10,11)12)47-55-96(84)111)63-88-101(98)108(90)89-50-48-74(109-91-40-26-22-36-77(91)78-37-23-27-41-92(78)109)62-87(89)107(88)85-38-24-28-42-99(85)113-100-43-29-25-39-86(100)107/h13-65H,1-12H3/i22D,23D,26D,27D,36D,37D,40D,41D. The molecule has 6 heteroatoms. The SMILES string of the molecule is [2H]c1c([2H])c([2H])c2c(c1[2H])c1c([2H])c([2H])c([2H])c([2H])c1n2-c1ccc2c(c1)C1(c3ccccc3Oc3ccccc31)c1cc(-n3c4ccc(C(C)(C)C)cc4c4cc(C(C)(C)C)ccc43)cc3c1B2c1ccc(-n2c4ccc(C(C)(C)C)cc4c4cc(C(C)(C)C)ccc42)cc1N3c1c(-c2ccccc2)cc(-c2ccccc2)cc1-c1ccccc1. The molecule has 0 fully saturated rings. The van der Waals surface area contributed by atoms with Crippen molar-refractivity contribution in [2.75, 3.05) is 4.90 Å². The van der Waals surface area contributed by atoms with Gasteiger partial charge in [0.15, 0.2) is 0 Å². The van der Waals surface area contributed by atoms with Gasteiger partial charge in [-0.25, -0.2) is 0 Å². The number of hydrogen-bond acceptors (Lipinski definition) is 2. The van der Waals surface area contributed by atoms with E-state index in [-0.39, 0.29) is 55.6 Å². The van der Waals surface area contributed by atoms with Gasteiger partial charge in [0.25, 0.3) is 0 Å². The van der Waals surface area contributed by atoms with Crippen molar-refractivity contribution in [3.8, 4) is 61.9 Å². The Hall–Kier alpha value is -12.6. The number of rotatable bonds is 7. The summed E-state index contributed by atoms with van der Waals surface area (Å²) < 4.78 is 90.5. The molecule has 0 atom stereocenters. The Morgan fingerprint density at radius 3 is 1.14 bits per heavy atom. The number of anilines is 3. The van der Waals surface area contributed by atoms with Crippen LogP contribution in [-0.4, -0.2) is 20.4 Å². The molecule has 0 N–H and O–H groups in total. The molecule has 0 unspecified atom stereocenters. The first-order chi connectivity index (χ1) is 57.9. The Kier molecular flexibility index (Phi) is 13.1. The second kappa shape index (κ2) is 24.7. The Morgan fingerprint density at radius 2 is 0.681 bits per heavy atom. The Morgan fingerprint density at radius 1 is 0.301 bits per heavy atom. The Balaban J connectivity index is 0.994. The monoisotopic (exact) mass is 1460 g/mol. The second-order valence-corrected chi connectivity index (χ2v) is 35.5. The van der Waals surface area contributed by atoms with Crippen molar-refractivity contribution >= 4 is 106 Å². The maximum atomic E-state index is 9.99. The van der Waals surface area contributed by atoms with E-state index >= 15 is 0 Å². The average Bonchev–Trinajstić information content (AvgIpc) is 0.847. The zero-order valence-electron chi connectivity index (χ0n) is 73.8. The molecule has 0 bridgehead atoms. The van der Waals surface area contributed by atoms with Gasteiger partial charge in [-0.15, -0.1) is 0 Å². The highest BCUT2D eigenvalue weighted by atomic mass is 16.5. The zero-order valence-corrected chi connectivity index (χ0v) is 65.8. The number of nitrogens with zero attached hydrogens (tertiary/aromatic N) is 4. The van der Waals surface area contributed by atoms with Crippen LogP contribution < -0.4 is 26.0 Å². The van der Waals surface area contributed by atoms with Gasteiger partial charge in [0.05, 0.1) is 55.2 Å². The molecular weight excluding hydrogens is 1370 g/mol. The van der Waals surface area contributed by atoms with Gasteiger partial charge < -0.3 is 23.3 Å². The number of para-hydroxylation sites is 4. The number of benzene rings is 15. The molecule has 18 aromatic rings. The van der Waals surface area contributed by atoms with E-state index in [4.69, 9.17) is 4.74 Å². The maximum absolute atomic E-state index is 9.99. The zero-order chi connectivity index (χ0) is 83.9. The Labute approximate surface area is 674 Å². The van der Waals surface area contributed by atoms with Gasteiger partial charge in [-0.1, -0.05) is 289 Å². The van der Waals surface area contributed by atoms with Gasteiger partial charge in [-0.3, -0.25) is 0 Å². The van der Waals surface area contributed by atoms with Gasteiger partial charge in [0, 0.05) is 83.0 Å². The van der Waals surface area contributed by atoms with Crippen LogP contribution in [0.3, 0.4) is 0 Å². The van der Waals surface area contributed by atoms with Crippen molar-refractivity contribution in [1.82, 2.24) is 13.7 Å². The lowest BCUT2D eigenvalue weighted by atomic mass is 9.29. The molecule has 0 saturated heterocycles. The number of ether oxygens (including phenoxy) is 1. The van der Waals surface area contributed by atoms with Crippen LogP contribution >= 0.6 is 0 Å². The summed E-state index contributed by atoms with van der Waals surface area (Å²) in [7, 11) is 0. The molecule has 546 valence electrons. The van der Waals surface area contributed by atoms with Crippen molar-refractivity contribution in [2.24, 2.45) is 0 Å². The van der Waals surface area contributed by atoms with Gasteiger partial charge in [0.2, 0.25) is 6.71 Å². The van der Waals surface area contributed by atoms with E-state index in [2.05, 4.69) is 352 Å². The van der Waals surface area contributed by atoms with Crippen LogP contribution in [0.25, 0.3) is 116 Å². The van der Waals surface area contributed by atoms with Crippen molar-refractivity contribution in [2.45, 2.75) is 110 Å². The average molecular weight is 1470 g/mol. The topological polar surface area (TPSA) is 27.3 Å². The highest BCUT2D eigenvalue weighted by Crippen LogP contribution is 2.60.